The summed E-state index contributed by atoms with van der Waals surface area (Å²) in [6.45, 7) is 3.39. The summed E-state index contributed by atoms with van der Waals surface area (Å²) in [7, 11) is 6.19. The summed E-state index contributed by atoms with van der Waals surface area (Å²) in [4.78, 5) is 6.12. The van der Waals surface area contributed by atoms with Crippen molar-refractivity contribution in [3.8, 4) is 0 Å². The number of fused-ring (bicyclic) bond motifs is 1. The number of benzene rings is 2. The maximum atomic E-state index is 6.58. The zero-order valence-corrected chi connectivity index (χ0v) is 18.7. The van der Waals surface area contributed by atoms with Gasteiger partial charge in [0.1, 0.15) is 5.60 Å². The van der Waals surface area contributed by atoms with Crippen LogP contribution in [0.15, 0.2) is 54.6 Å². The third kappa shape index (κ3) is 3.47. The molecule has 0 bridgehead atoms. The van der Waals surface area contributed by atoms with Gasteiger partial charge in [-0.05, 0) is 58.3 Å². The molecule has 1 saturated carbocycles. The van der Waals surface area contributed by atoms with Gasteiger partial charge in [-0.1, -0.05) is 48.5 Å². The summed E-state index contributed by atoms with van der Waals surface area (Å²) in [6, 6.07) is 19.5. The summed E-state index contributed by atoms with van der Waals surface area (Å²) in [5, 5.41) is 1.24. The van der Waals surface area contributed by atoms with E-state index < -0.39 is 0 Å². The van der Waals surface area contributed by atoms with Gasteiger partial charge in [0.25, 0.3) is 0 Å². The van der Waals surface area contributed by atoms with E-state index in [1.54, 1.807) is 7.11 Å². The van der Waals surface area contributed by atoms with E-state index in [0.29, 0.717) is 13.2 Å². The lowest BCUT2D eigenvalue weighted by Crippen LogP contribution is -2.49. The summed E-state index contributed by atoms with van der Waals surface area (Å²) < 4.78 is 12.2. The number of hydrogen-bond acceptors (Lipinski definition) is 3. The van der Waals surface area contributed by atoms with Crippen molar-refractivity contribution in [1.82, 2.24) is 9.88 Å². The van der Waals surface area contributed by atoms with Gasteiger partial charge in [0, 0.05) is 35.7 Å². The molecule has 4 heteroatoms. The molecular formula is C26H34N2O2. The molecule has 1 aliphatic carbocycles. The van der Waals surface area contributed by atoms with Gasteiger partial charge in [-0.3, -0.25) is 4.90 Å². The Kier molecular flexibility index (Phi) is 6.01. The molecular weight excluding hydrogens is 372 g/mol. The molecule has 2 aromatic carbocycles. The lowest BCUT2D eigenvalue weighted by atomic mass is 9.68. The van der Waals surface area contributed by atoms with Crippen molar-refractivity contribution in [2.45, 2.75) is 50.4 Å². The van der Waals surface area contributed by atoms with Crippen molar-refractivity contribution in [1.29, 1.82) is 0 Å². The molecule has 30 heavy (non-hydrogen) atoms. The number of H-pyrrole nitrogens is 1. The minimum absolute atomic E-state index is 0.0370. The van der Waals surface area contributed by atoms with E-state index in [-0.39, 0.29) is 11.1 Å². The van der Waals surface area contributed by atoms with Crippen LogP contribution in [-0.2, 0) is 27.2 Å². The maximum Gasteiger partial charge on any atom is 0.108 e. The van der Waals surface area contributed by atoms with E-state index in [1.807, 2.05) is 0 Å². The molecule has 160 valence electrons. The Balaban J connectivity index is 1.76. The van der Waals surface area contributed by atoms with Crippen molar-refractivity contribution in [3.63, 3.8) is 0 Å². The van der Waals surface area contributed by atoms with Gasteiger partial charge >= 0.3 is 0 Å². The molecule has 1 heterocycles. The van der Waals surface area contributed by atoms with Gasteiger partial charge in [0.15, 0.2) is 0 Å². The monoisotopic (exact) mass is 406 g/mol. The van der Waals surface area contributed by atoms with Crippen LogP contribution in [0, 0.1) is 0 Å². The Hall–Kier alpha value is -2.14. The summed E-state index contributed by atoms with van der Waals surface area (Å²) in [6.07, 6.45) is 4.03. The van der Waals surface area contributed by atoms with Crippen LogP contribution in [0.3, 0.4) is 0 Å². The highest BCUT2D eigenvalue weighted by Gasteiger charge is 2.48. The molecule has 1 fully saturated rings. The number of ether oxygens (including phenoxy) is 2. The fourth-order valence-electron chi connectivity index (χ4n) is 5.44. The average Bonchev–Trinajstić information content (AvgIpc) is 3.14. The highest BCUT2D eigenvalue weighted by atomic mass is 16.5. The Morgan fingerprint density at radius 2 is 1.60 bits per heavy atom. The standard InChI is InChI=1S/C26H34N2O2/c1-5-30-26(24-22(19-29-4)21-13-9-10-14-23(21)27-24)17-15-25(16-18-26,28(2)3)20-11-7-6-8-12-20/h6-14,27H,5,15-19H2,1-4H3. The molecule has 0 spiro atoms. The Labute approximate surface area is 180 Å². The Morgan fingerprint density at radius 1 is 0.933 bits per heavy atom. The smallest absolute Gasteiger partial charge is 0.108 e. The highest BCUT2D eigenvalue weighted by molar-refractivity contribution is 5.85. The Bertz CT molecular complexity index is 969. The van der Waals surface area contributed by atoms with Crippen LogP contribution in [0.5, 0.6) is 0 Å². The van der Waals surface area contributed by atoms with Crippen LogP contribution >= 0.6 is 0 Å². The van der Waals surface area contributed by atoms with Crippen molar-refractivity contribution >= 4 is 10.9 Å². The molecule has 0 radical (unpaired) electrons. The molecule has 1 aliphatic rings. The minimum atomic E-state index is -0.310. The van der Waals surface area contributed by atoms with Crippen molar-refractivity contribution in [3.05, 3.63) is 71.4 Å². The second-order valence-electron chi connectivity index (χ2n) is 8.68. The van der Waals surface area contributed by atoms with Crippen LogP contribution < -0.4 is 0 Å². The zero-order valence-electron chi connectivity index (χ0n) is 18.7. The number of rotatable bonds is 7. The molecule has 4 rings (SSSR count). The largest absolute Gasteiger partial charge is 0.380 e. The fourth-order valence-corrected chi connectivity index (χ4v) is 5.44. The van der Waals surface area contributed by atoms with Crippen molar-refractivity contribution in [2.24, 2.45) is 0 Å². The summed E-state index contributed by atoms with van der Waals surface area (Å²) in [5.41, 5.74) is 4.72. The number of aromatic amines is 1. The fraction of sp³-hybridized carbons (Fsp3) is 0.462. The highest BCUT2D eigenvalue weighted by Crippen LogP contribution is 2.51. The lowest BCUT2D eigenvalue weighted by molar-refractivity contribution is -0.103. The third-order valence-corrected chi connectivity index (χ3v) is 7.03. The number of nitrogens with zero attached hydrogens (tertiary/aromatic N) is 1. The van der Waals surface area contributed by atoms with E-state index in [1.165, 1.54) is 22.2 Å². The third-order valence-electron chi connectivity index (χ3n) is 7.03. The first-order chi connectivity index (χ1) is 14.6. The molecule has 4 nitrogen and oxygen atoms in total. The molecule has 0 atom stereocenters. The summed E-state index contributed by atoms with van der Waals surface area (Å²) in [5.74, 6) is 0. The molecule has 1 N–H and O–H groups in total. The number of para-hydroxylation sites is 1. The predicted molar refractivity (Wildman–Crippen MR) is 123 cm³/mol. The molecule has 0 aliphatic heterocycles. The van der Waals surface area contributed by atoms with E-state index in [0.717, 1.165) is 31.2 Å². The van der Waals surface area contributed by atoms with Crippen LogP contribution in [-0.4, -0.2) is 37.7 Å². The first kappa shape index (κ1) is 21.1. The van der Waals surface area contributed by atoms with Gasteiger partial charge in [-0.25, -0.2) is 0 Å². The molecule has 0 saturated heterocycles. The number of nitrogens with one attached hydrogen (secondary N) is 1. The van der Waals surface area contributed by atoms with Gasteiger partial charge in [-0.2, -0.15) is 0 Å². The minimum Gasteiger partial charge on any atom is -0.380 e. The van der Waals surface area contributed by atoms with Gasteiger partial charge in [0.2, 0.25) is 0 Å². The lowest BCUT2D eigenvalue weighted by Gasteiger charge is -2.50. The van der Waals surface area contributed by atoms with E-state index >= 15 is 0 Å². The summed E-state index contributed by atoms with van der Waals surface area (Å²) >= 11 is 0. The first-order valence-corrected chi connectivity index (χ1v) is 11.0. The quantitative estimate of drug-likeness (QED) is 0.557. The van der Waals surface area contributed by atoms with Crippen LogP contribution in [0.25, 0.3) is 10.9 Å². The molecule has 1 aromatic heterocycles. The average molecular weight is 407 g/mol. The van der Waals surface area contributed by atoms with Crippen LogP contribution in [0.2, 0.25) is 0 Å². The van der Waals surface area contributed by atoms with Gasteiger partial charge in [0.05, 0.1) is 12.3 Å². The SMILES string of the molecule is CCOC1(c2[nH]c3ccccc3c2COC)CCC(c2ccccc2)(N(C)C)CC1. The number of hydrogen-bond donors (Lipinski definition) is 1. The normalized spacial score (nSPS) is 24.6. The number of aromatic nitrogens is 1. The van der Waals surface area contributed by atoms with E-state index in [2.05, 4.69) is 85.5 Å². The van der Waals surface area contributed by atoms with Crippen molar-refractivity contribution < 1.29 is 9.47 Å². The second kappa shape index (κ2) is 8.54. The van der Waals surface area contributed by atoms with Crippen LogP contribution in [0.1, 0.15) is 49.4 Å². The molecule has 3 aromatic rings. The van der Waals surface area contributed by atoms with Crippen LogP contribution in [0.4, 0.5) is 0 Å². The van der Waals surface area contributed by atoms with Gasteiger partial charge < -0.3 is 14.5 Å². The number of methoxy groups -OCH3 is 1. The topological polar surface area (TPSA) is 37.5 Å². The predicted octanol–water partition coefficient (Wildman–Crippen LogP) is 5.58. The zero-order chi connectivity index (χ0) is 21.2. The molecule has 0 amide bonds. The molecule has 0 unspecified atom stereocenters. The van der Waals surface area contributed by atoms with Gasteiger partial charge in [-0.15, -0.1) is 0 Å². The second-order valence-corrected chi connectivity index (χ2v) is 8.68. The van der Waals surface area contributed by atoms with Crippen molar-refractivity contribution in [2.75, 3.05) is 27.8 Å². The Morgan fingerprint density at radius 3 is 2.23 bits per heavy atom. The van der Waals surface area contributed by atoms with E-state index in [9.17, 15) is 0 Å². The van der Waals surface area contributed by atoms with E-state index in [4.69, 9.17) is 9.47 Å². The maximum absolute atomic E-state index is 6.58. The first-order valence-electron chi connectivity index (χ1n) is 11.0.